The minimum absolute atomic E-state index is 0.0547. The number of carbonyl (C=O) groups is 1. The number of fused-ring (bicyclic) bond motifs is 1. The van der Waals surface area contributed by atoms with Crippen LogP contribution in [0, 0.1) is 13.8 Å². The van der Waals surface area contributed by atoms with Crippen molar-refractivity contribution < 1.29 is 4.79 Å². The van der Waals surface area contributed by atoms with Crippen LogP contribution in [0.25, 0.3) is 10.9 Å². The lowest BCUT2D eigenvalue weighted by Gasteiger charge is -2.06. The number of amides is 1. The van der Waals surface area contributed by atoms with Crippen molar-refractivity contribution in [2.45, 2.75) is 26.7 Å². The monoisotopic (exact) mass is 310 g/mol. The van der Waals surface area contributed by atoms with Crippen LogP contribution in [0.3, 0.4) is 0 Å². The summed E-state index contributed by atoms with van der Waals surface area (Å²) < 4.78 is 1.89. The Hall–Kier alpha value is -2.56. The van der Waals surface area contributed by atoms with E-state index in [1.54, 1.807) is 0 Å². The first-order valence-corrected chi connectivity index (χ1v) is 7.86. The average Bonchev–Trinajstić information content (AvgIpc) is 3.06. The van der Waals surface area contributed by atoms with Crippen molar-refractivity contribution in [2.75, 3.05) is 6.54 Å². The highest BCUT2D eigenvalue weighted by Crippen LogP contribution is 2.15. The van der Waals surface area contributed by atoms with Gasteiger partial charge in [0.1, 0.15) is 0 Å². The zero-order chi connectivity index (χ0) is 16.4. The molecule has 2 N–H and O–H groups in total. The molecule has 5 nitrogen and oxygen atoms in total. The number of aromatic nitrogens is 3. The van der Waals surface area contributed by atoms with Gasteiger partial charge in [0.05, 0.1) is 12.1 Å². The van der Waals surface area contributed by atoms with E-state index in [0.717, 1.165) is 34.3 Å². The quantitative estimate of drug-likeness (QED) is 0.760. The van der Waals surface area contributed by atoms with E-state index in [9.17, 15) is 4.79 Å². The first kappa shape index (κ1) is 15.3. The summed E-state index contributed by atoms with van der Waals surface area (Å²) in [6.45, 7) is 4.71. The van der Waals surface area contributed by atoms with Crippen LogP contribution in [0.2, 0.25) is 0 Å². The Labute approximate surface area is 135 Å². The van der Waals surface area contributed by atoms with E-state index in [-0.39, 0.29) is 5.91 Å². The highest BCUT2D eigenvalue weighted by atomic mass is 16.1. The molecule has 1 aromatic carbocycles. The van der Waals surface area contributed by atoms with Gasteiger partial charge in [0.15, 0.2) is 0 Å². The van der Waals surface area contributed by atoms with Crippen molar-refractivity contribution in [3.05, 3.63) is 53.0 Å². The van der Waals surface area contributed by atoms with Gasteiger partial charge in [-0.2, -0.15) is 5.10 Å². The zero-order valence-electron chi connectivity index (χ0n) is 13.8. The fourth-order valence-electron chi connectivity index (χ4n) is 2.97. The van der Waals surface area contributed by atoms with Crippen molar-refractivity contribution in [2.24, 2.45) is 7.05 Å². The van der Waals surface area contributed by atoms with E-state index < -0.39 is 0 Å². The van der Waals surface area contributed by atoms with Crippen LogP contribution >= 0.6 is 0 Å². The highest BCUT2D eigenvalue weighted by molar-refractivity contribution is 5.83. The van der Waals surface area contributed by atoms with Gasteiger partial charge in [-0.3, -0.25) is 9.48 Å². The number of hydrogen-bond donors (Lipinski definition) is 2. The smallest absolute Gasteiger partial charge is 0.224 e. The van der Waals surface area contributed by atoms with E-state index in [4.69, 9.17) is 0 Å². The SMILES string of the molecule is Cc1nn(C)c(C)c1CCNC(=O)Cc1ccc2[nH]ccc2c1. The molecule has 0 bridgehead atoms. The van der Waals surface area contributed by atoms with Crippen molar-refractivity contribution in [3.63, 3.8) is 0 Å². The molecular formula is C18H22N4O. The van der Waals surface area contributed by atoms with Crippen LogP contribution in [0.1, 0.15) is 22.5 Å². The molecule has 3 rings (SSSR count). The average molecular weight is 310 g/mol. The third-order valence-corrected chi connectivity index (χ3v) is 4.34. The molecule has 0 aliphatic heterocycles. The van der Waals surface area contributed by atoms with Crippen LogP contribution in [0.15, 0.2) is 30.5 Å². The Morgan fingerprint density at radius 2 is 2.13 bits per heavy atom. The van der Waals surface area contributed by atoms with Gasteiger partial charge in [-0.25, -0.2) is 0 Å². The highest BCUT2D eigenvalue weighted by Gasteiger charge is 2.10. The third kappa shape index (κ3) is 3.28. The second-order valence-corrected chi connectivity index (χ2v) is 5.95. The number of benzene rings is 1. The molecule has 0 saturated carbocycles. The maximum Gasteiger partial charge on any atom is 0.224 e. The lowest BCUT2D eigenvalue weighted by molar-refractivity contribution is -0.120. The Balaban J connectivity index is 1.55. The predicted molar refractivity (Wildman–Crippen MR) is 91.4 cm³/mol. The Morgan fingerprint density at radius 1 is 1.30 bits per heavy atom. The third-order valence-electron chi connectivity index (χ3n) is 4.34. The first-order valence-electron chi connectivity index (χ1n) is 7.86. The number of carbonyl (C=O) groups excluding carboxylic acids is 1. The molecule has 5 heteroatoms. The van der Waals surface area contributed by atoms with E-state index in [1.807, 2.05) is 43.0 Å². The number of aryl methyl sites for hydroxylation is 2. The molecule has 2 heterocycles. The summed E-state index contributed by atoms with van der Waals surface area (Å²) >= 11 is 0. The molecule has 0 spiro atoms. The number of nitrogens with one attached hydrogen (secondary N) is 2. The molecule has 0 aliphatic carbocycles. The summed E-state index contributed by atoms with van der Waals surface area (Å²) in [4.78, 5) is 15.3. The van der Waals surface area contributed by atoms with E-state index in [1.165, 1.54) is 5.56 Å². The van der Waals surface area contributed by atoms with Crippen LogP contribution in [0.4, 0.5) is 0 Å². The van der Waals surface area contributed by atoms with Crippen LogP contribution in [-0.4, -0.2) is 27.2 Å². The van der Waals surface area contributed by atoms with E-state index >= 15 is 0 Å². The molecule has 0 fully saturated rings. The fraction of sp³-hybridized carbons (Fsp3) is 0.333. The molecule has 0 saturated heterocycles. The summed E-state index contributed by atoms with van der Waals surface area (Å²) in [6.07, 6.45) is 3.13. The molecule has 0 atom stereocenters. The van der Waals surface area contributed by atoms with Gasteiger partial charge < -0.3 is 10.3 Å². The van der Waals surface area contributed by atoms with Gasteiger partial charge in [0, 0.05) is 31.0 Å². The molecular weight excluding hydrogens is 288 g/mol. The number of hydrogen-bond acceptors (Lipinski definition) is 2. The van der Waals surface area contributed by atoms with E-state index in [0.29, 0.717) is 13.0 Å². The number of rotatable bonds is 5. The van der Waals surface area contributed by atoms with E-state index in [2.05, 4.69) is 28.4 Å². The van der Waals surface area contributed by atoms with Gasteiger partial charge >= 0.3 is 0 Å². The number of aromatic amines is 1. The van der Waals surface area contributed by atoms with Crippen molar-refractivity contribution in [1.82, 2.24) is 20.1 Å². The molecule has 0 aliphatic rings. The van der Waals surface area contributed by atoms with Gasteiger partial charge in [0.25, 0.3) is 0 Å². The Kier molecular flexibility index (Phi) is 4.19. The largest absolute Gasteiger partial charge is 0.361 e. The van der Waals surface area contributed by atoms with Crippen molar-refractivity contribution in [3.8, 4) is 0 Å². The van der Waals surface area contributed by atoms with Crippen LogP contribution in [-0.2, 0) is 24.7 Å². The van der Waals surface area contributed by atoms with Gasteiger partial charge in [-0.1, -0.05) is 6.07 Å². The molecule has 1 amide bonds. The minimum atomic E-state index is 0.0547. The summed E-state index contributed by atoms with van der Waals surface area (Å²) in [5.41, 5.74) is 5.55. The molecule has 0 unspecified atom stereocenters. The lowest BCUT2D eigenvalue weighted by atomic mass is 10.1. The maximum absolute atomic E-state index is 12.1. The fourth-order valence-corrected chi connectivity index (χ4v) is 2.97. The van der Waals surface area contributed by atoms with Gasteiger partial charge in [-0.15, -0.1) is 0 Å². The van der Waals surface area contributed by atoms with Crippen LogP contribution in [0.5, 0.6) is 0 Å². The second kappa shape index (κ2) is 6.28. The molecule has 2 aromatic heterocycles. The van der Waals surface area contributed by atoms with Gasteiger partial charge in [0.2, 0.25) is 5.91 Å². The Morgan fingerprint density at radius 3 is 2.87 bits per heavy atom. The van der Waals surface area contributed by atoms with Gasteiger partial charge in [-0.05, 0) is 55.0 Å². The predicted octanol–water partition coefficient (Wildman–Crippen LogP) is 2.42. The lowest BCUT2D eigenvalue weighted by Crippen LogP contribution is -2.27. The standard InChI is InChI=1S/C18H22N4O/c1-12-16(13(2)22(3)21-12)7-9-20-18(23)11-14-4-5-17-15(10-14)6-8-19-17/h4-6,8,10,19H,7,9,11H2,1-3H3,(H,20,23). The number of H-pyrrole nitrogens is 1. The van der Waals surface area contributed by atoms with Crippen LogP contribution < -0.4 is 5.32 Å². The summed E-state index contributed by atoms with van der Waals surface area (Å²) in [5, 5.41) is 8.54. The minimum Gasteiger partial charge on any atom is -0.361 e. The Bertz CT molecular complexity index is 844. The van der Waals surface area contributed by atoms with Crippen molar-refractivity contribution in [1.29, 1.82) is 0 Å². The second-order valence-electron chi connectivity index (χ2n) is 5.95. The maximum atomic E-state index is 12.1. The molecule has 3 aromatic rings. The normalized spacial score (nSPS) is 11.1. The summed E-state index contributed by atoms with van der Waals surface area (Å²) in [7, 11) is 1.95. The molecule has 120 valence electrons. The first-order chi connectivity index (χ1) is 11.0. The number of nitrogens with zero attached hydrogens (tertiary/aromatic N) is 2. The topological polar surface area (TPSA) is 62.7 Å². The van der Waals surface area contributed by atoms with Crippen molar-refractivity contribution >= 4 is 16.8 Å². The zero-order valence-corrected chi connectivity index (χ0v) is 13.8. The molecule has 23 heavy (non-hydrogen) atoms. The molecule has 0 radical (unpaired) electrons. The summed E-state index contributed by atoms with van der Waals surface area (Å²) in [5.74, 6) is 0.0547. The summed E-state index contributed by atoms with van der Waals surface area (Å²) in [6, 6.07) is 8.08.